The van der Waals surface area contributed by atoms with Gasteiger partial charge in [0.15, 0.2) is 0 Å². The Morgan fingerprint density at radius 2 is 1.38 bits per heavy atom. The topological polar surface area (TPSA) is 4.36 Å². The zero-order chi connectivity index (χ0) is 9.98. The summed E-state index contributed by atoms with van der Waals surface area (Å²) in [6.07, 6.45) is 4.26. The van der Waals surface area contributed by atoms with Crippen molar-refractivity contribution in [1.29, 1.82) is 0 Å². The van der Waals surface area contributed by atoms with Crippen molar-refractivity contribution in [1.82, 2.24) is 0 Å². The Kier molecular flexibility index (Phi) is 23.7. The molecule has 0 aliphatic carbocycles. The number of halogens is 2. The van der Waals surface area contributed by atoms with Crippen molar-refractivity contribution in [2.75, 3.05) is 18.5 Å². The van der Waals surface area contributed by atoms with E-state index in [-0.39, 0.29) is 21.1 Å². The van der Waals surface area contributed by atoms with Crippen LogP contribution in [0.5, 0.6) is 0 Å². The van der Waals surface area contributed by atoms with Gasteiger partial charge in [0.05, 0.1) is 0 Å². The molecule has 0 aromatic heterocycles. The van der Waals surface area contributed by atoms with Crippen molar-refractivity contribution in [3.63, 3.8) is 0 Å². The van der Waals surface area contributed by atoms with E-state index in [4.69, 9.17) is 29.8 Å². The maximum Gasteiger partial charge on any atom is 0.373 e. The largest absolute Gasteiger partial charge is 0.373 e. The summed E-state index contributed by atoms with van der Waals surface area (Å²) < 4.78 is 0. The molecule has 5 heteroatoms. The zero-order valence-electron chi connectivity index (χ0n) is 8.17. The first kappa shape index (κ1) is 19.7. The zero-order valence-corrected chi connectivity index (χ0v) is 12.8. The molecule has 0 N–H and O–H groups in total. The minimum absolute atomic E-state index is 0. The Morgan fingerprint density at radius 1 is 1.15 bits per heavy atom. The molecular formula is C8H16Cl2NPPt. The molecule has 0 saturated heterocycles. The molecule has 0 fully saturated rings. The smallest absolute Gasteiger partial charge is 0.279 e. The molecule has 82 valence electrons. The van der Waals surface area contributed by atoms with Crippen LogP contribution in [0.2, 0.25) is 0 Å². The van der Waals surface area contributed by atoms with Crippen LogP contribution in [-0.2, 0) is 21.1 Å². The van der Waals surface area contributed by atoms with Crippen LogP contribution < -0.4 is 0 Å². The van der Waals surface area contributed by atoms with Crippen LogP contribution in [0.4, 0.5) is 0 Å². The summed E-state index contributed by atoms with van der Waals surface area (Å²) >= 11 is 9.75. The molecule has 0 spiro atoms. The van der Waals surface area contributed by atoms with E-state index in [0.29, 0.717) is 7.92 Å². The van der Waals surface area contributed by atoms with Gasteiger partial charge in [-0.2, -0.15) is 0 Å². The SMILES string of the molecule is CCP(CC)CC.[C-]#[N+]C(Cl)Cl.[Pt]. The summed E-state index contributed by atoms with van der Waals surface area (Å²) in [7, 11) is 0.446. The molecular weight excluding hydrogens is 407 g/mol. The van der Waals surface area contributed by atoms with Crippen LogP contribution in [0.1, 0.15) is 20.8 Å². The van der Waals surface area contributed by atoms with Crippen molar-refractivity contribution >= 4 is 31.1 Å². The van der Waals surface area contributed by atoms with Gasteiger partial charge in [-0.05, 0) is 41.7 Å². The van der Waals surface area contributed by atoms with E-state index >= 15 is 0 Å². The molecule has 1 nitrogen and oxygen atoms in total. The van der Waals surface area contributed by atoms with E-state index in [9.17, 15) is 0 Å². The van der Waals surface area contributed by atoms with Crippen LogP contribution in [0.3, 0.4) is 0 Å². The van der Waals surface area contributed by atoms with Gasteiger partial charge in [0.2, 0.25) is 0 Å². The fourth-order valence-corrected chi connectivity index (χ4v) is 2.01. The Morgan fingerprint density at radius 3 is 1.38 bits per heavy atom. The molecule has 13 heavy (non-hydrogen) atoms. The van der Waals surface area contributed by atoms with Crippen LogP contribution >= 0.6 is 31.1 Å². The second-order valence-electron chi connectivity index (χ2n) is 2.03. The molecule has 0 saturated carbocycles. The second kappa shape index (κ2) is 15.7. The maximum absolute atomic E-state index is 6.02. The molecule has 0 unspecified atom stereocenters. The summed E-state index contributed by atoms with van der Waals surface area (Å²) in [5.41, 5.74) is 0. The number of nitrogens with zero attached hydrogens (tertiary/aromatic N) is 1. The molecule has 0 rings (SSSR count). The van der Waals surface area contributed by atoms with Gasteiger partial charge in [0, 0.05) is 21.1 Å². The monoisotopic (exact) mass is 422 g/mol. The van der Waals surface area contributed by atoms with Crippen LogP contribution in [0, 0.1) is 6.57 Å². The van der Waals surface area contributed by atoms with Gasteiger partial charge >= 0.3 is 4.96 Å². The van der Waals surface area contributed by atoms with Gasteiger partial charge in [-0.15, -0.1) is 7.92 Å². The van der Waals surface area contributed by atoms with E-state index in [1.165, 1.54) is 18.5 Å². The third kappa shape index (κ3) is 19.6. The molecule has 0 atom stereocenters. The second-order valence-corrected chi connectivity index (χ2v) is 6.32. The van der Waals surface area contributed by atoms with Gasteiger partial charge < -0.3 is 0 Å². The fraction of sp³-hybridized carbons (Fsp3) is 0.875. The number of rotatable bonds is 3. The number of hydrogen-bond acceptors (Lipinski definition) is 0. The Hall–Kier alpha value is 1.19. The predicted molar refractivity (Wildman–Crippen MR) is 60.6 cm³/mol. The Bertz CT molecular complexity index is 118. The molecule has 0 aliphatic rings. The van der Waals surface area contributed by atoms with Gasteiger partial charge in [-0.1, -0.05) is 20.8 Å². The normalized spacial score (nSPS) is 8.46. The molecule has 0 amide bonds. The molecule has 0 radical (unpaired) electrons. The van der Waals surface area contributed by atoms with Gasteiger partial charge in [-0.3, -0.25) is 4.85 Å². The van der Waals surface area contributed by atoms with Crippen LogP contribution in [0.25, 0.3) is 4.85 Å². The molecule has 0 aliphatic heterocycles. The molecule has 0 bridgehead atoms. The van der Waals surface area contributed by atoms with Crippen molar-refractivity contribution in [2.24, 2.45) is 0 Å². The minimum Gasteiger partial charge on any atom is -0.279 e. The van der Waals surface area contributed by atoms with E-state index in [0.717, 1.165) is 0 Å². The first-order chi connectivity index (χ1) is 5.62. The van der Waals surface area contributed by atoms with E-state index in [1.54, 1.807) is 0 Å². The van der Waals surface area contributed by atoms with E-state index < -0.39 is 4.96 Å². The van der Waals surface area contributed by atoms with Gasteiger partial charge in [0.25, 0.3) is 0 Å². The third-order valence-corrected chi connectivity index (χ3v) is 4.32. The van der Waals surface area contributed by atoms with Crippen LogP contribution in [0.15, 0.2) is 0 Å². The molecule has 0 aromatic rings. The molecule has 0 aromatic carbocycles. The number of hydrogen-bond donors (Lipinski definition) is 0. The Labute approximate surface area is 107 Å². The van der Waals surface area contributed by atoms with Crippen LogP contribution in [-0.4, -0.2) is 23.4 Å². The van der Waals surface area contributed by atoms with Crippen molar-refractivity contribution < 1.29 is 21.1 Å². The van der Waals surface area contributed by atoms with Crippen molar-refractivity contribution in [3.05, 3.63) is 11.4 Å². The molecule has 0 heterocycles. The fourth-order valence-electron chi connectivity index (χ4n) is 0.671. The quantitative estimate of drug-likeness (QED) is 0.278. The summed E-state index contributed by atoms with van der Waals surface area (Å²) in [5, 5.41) is 0. The van der Waals surface area contributed by atoms with Crippen molar-refractivity contribution in [3.8, 4) is 0 Å². The van der Waals surface area contributed by atoms with Gasteiger partial charge in [0.1, 0.15) is 0 Å². The standard InChI is InChI=1S/C6H15P.C2HCl2N.Pt/c1-4-7(5-2)6-3;1-5-2(3)4;/h4-6H2,1-3H3;2H;. The van der Waals surface area contributed by atoms with E-state index in [2.05, 4.69) is 25.6 Å². The van der Waals surface area contributed by atoms with Gasteiger partial charge in [-0.25, -0.2) is 6.57 Å². The summed E-state index contributed by atoms with van der Waals surface area (Å²) in [6.45, 7) is 12.9. The summed E-state index contributed by atoms with van der Waals surface area (Å²) in [5.74, 6) is 0. The summed E-state index contributed by atoms with van der Waals surface area (Å²) in [4.78, 5) is 1.79. The third-order valence-electron chi connectivity index (χ3n) is 1.44. The Balaban J connectivity index is -0.000000150. The summed E-state index contributed by atoms with van der Waals surface area (Å²) in [6, 6.07) is 0. The minimum atomic E-state index is -0.880. The maximum atomic E-state index is 6.02. The average Bonchev–Trinajstić information content (AvgIpc) is 2.09. The first-order valence-corrected chi connectivity index (χ1v) is 6.76. The first-order valence-electron chi connectivity index (χ1n) is 3.99. The predicted octanol–water partition coefficient (Wildman–Crippen LogP) is 4.19. The average molecular weight is 423 g/mol. The van der Waals surface area contributed by atoms with Crippen molar-refractivity contribution in [2.45, 2.75) is 25.7 Å². The van der Waals surface area contributed by atoms with E-state index in [1.807, 2.05) is 0 Å². The number of alkyl halides is 2.